The van der Waals surface area contributed by atoms with Crippen LogP contribution in [0, 0.1) is 0 Å². The third-order valence-electron chi connectivity index (χ3n) is 5.17. The summed E-state index contributed by atoms with van der Waals surface area (Å²) in [7, 11) is 3.26. The number of ether oxygens (including phenoxy) is 2. The molecule has 1 N–H and O–H groups in total. The van der Waals surface area contributed by atoms with Crippen LogP contribution in [0.4, 0.5) is 0 Å². The van der Waals surface area contributed by atoms with E-state index in [0.717, 1.165) is 23.2 Å². The van der Waals surface area contributed by atoms with Crippen molar-refractivity contribution in [1.82, 2.24) is 9.88 Å². The summed E-state index contributed by atoms with van der Waals surface area (Å²) >= 11 is 0. The van der Waals surface area contributed by atoms with Gasteiger partial charge in [-0.1, -0.05) is 30.3 Å². The fourth-order valence-electron chi connectivity index (χ4n) is 4.03. The molecule has 0 bridgehead atoms. The Morgan fingerprint density at radius 3 is 2.65 bits per heavy atom. The van der Waals surface area contributed by atoms with E-state index in [-0.39, 0.29) is 11.9 Å². The molecule has 0 spiro atoms. The van der Waals surface area contributed by atoms with Crippen LogP contribution in [0.25, 0.3) is 10.9 Å². The second-order valence-corrected chi connectivity index (χ2v) is 6.51. The number of para-hydroxylation sites is 2. The van der Waals surface area contributed by atoms with Crippen LogP contribution in [0.5, 0.6) is 11.5 Å². The first kappa shape index (κ1) is 16.5. The van der Waals surface area contributed by atoms with Gasteiger partial charge in [0.25, 0.3) is 0 Å². The SMILES string of the molecule is COc1cccc([C@H]2c3[nH]c4ccccc4c3CCN2C(C)=O)c1OC. The fraction of sp³-hybridized carbons (Fsp3) is 0.286. The van der Waals surface area contributed by atoms with Gasteiger partial charge in [0.1, 0.15) is 6.04 Å². The summed E-state index contributed by atoms with van der Waals surface area (Å²) in [6.07, 6.45) is 0.835. The van der Waals surface area contributed by atoms with Crippen molar-refractivity contribution in [2.24, 2.45) is 0 Å². The quantitative estimate of drug-likeness (QED) is 0.784. The maximum atomic E-state index is 12.4. The number of nitrogens with zero attached hydrogens (tertiary/aromatic N) is 1. The van der Waals surface area contributed by atoms with Gasteiger partial charge in [0.05, 0.1) is 14.2 Å². The maximum absolute atomic E-state index is 12.4. The van der Waals surface area contributed by atoms with Gasteiger partial charge in [-0.3, -0.25) is 4.79 Å². The highest BCUT2D eigenvalue weighted by molar-refractivity contribution is 5.86. The van der Waals surface area contributed by atoms with Gasteiger partial charge >= 0.3 is 0 Å². The van der Waals surface area contributed by atoms with Crippen LogP contribution in [-0.2, 0) is 11.2 Å². The molecule has 2 heterocycles. The summed E-state index contributed by atoms with van der Waals surface area (Å²) in [6.45, 7) is 2.29. The van der Waals surface area contributed by atoms with E-state index in [1.54, 1.807) is 21.1 Å². The Labute approximate surface area is 152 Å². The van der Waals surface area contributed by atoms with Crippen LogP contribution in [-0.4, -0.2) is 36.6 Å². The van der Waals surface area contributed by atoms with Crippen LogP contribution in [0.1, 0.15) is 29.8 Å². The molecule has 134 valence electrons. The summed E-state index contributed by atoms with van der Waals surface area (Å²) in [4.78, 5) is 17.8. The number of fused-ring (bicyclic) bond motifs is 3. The highest BCUT2D eigenvalue weighted by Gasteiger charge is 2.35. The summed E-state index contributed by atoms with van der Waals surface area (Å²) in [6, 6.07) is 13.9. The molecule has 2 aromatic carbocycles. The van der Waals surface area contributed by atoms with E-state index in [2.05, 4.69) is 23.2 Å². The van der Waals surface area contributed by atoms with Gasteiger partial charge in [-0.25, -0.2) is 0 Å². The van der Waals surface area contributed by atoms with E-state index in [1.165, 1.54) is 10.9 Å². The van der Waals surface area contributed by atoms with E-state index >= 15 is 0 Å². The Balaban J connectivity index is 1.97. The molecule has 0 saturated heterocycles. The molecule has 4 rings (SSSR count). The van der Waals surface area contributed by atoms with Gasteiger partial charge in [0.2, 0.25) is 5.91 Å². The van der Waals surface area contributed by atoms with Gasteiger partial charge in [0, 0.05) is 35.6 Å². The number of carbonyl (C=O) groups excluding carboxylic acids is 1. The number of benzene rings is 2. The number of hydrogen-bond acceptors (Lipinski definition) is 3. The van der Waals surface area contributed by atoms with E-state index in [9.17, 15) is 4.79 Å². The van der Waals surface area contributed by atoms with E-state index in [1.807, 2.05) is 29.2 Å². The summed E-state index contributed by atoms with van der Waals surface area (Å²) in [5, 5.41) is 1.22. The number of amides is 1. The molecule has 1 aliphatic rings. The van der Waals surface area contributed by atoms with Crippen molar-refractivity contribution in [3.05, 3.63) is 59.3 Å². The topological polar surface area (TPSA) is 54.6 Å². The molecule has 5 nitrogen and oxygen atoms in total. The maximum Gasteiger partial charge on any atom is 0.220 e. The first-order valence-electron chi connectivity index (χ1n) is 8.73. The number of carbonyl (C=O) groups is 1. The fourth-order valence-corrected chi connectivity index (χ4v) is 4.03. The van der Waals surface area contributed by atoms with Crippen LogP contribution >= 0.6 is 0 Å². The predicted octanol–water partition coefficient (Wildman–Crippen LogP) is 3.68. The molecule has 3 aromatic rings. The Morgan fingerprint density at radius 2 is 1.92 bits per heavy atom. The zero-order valence-corrected chi connectivity index (χ0v) is 15.2. The zero-order valence-electron chi connectivity index (χ0n) is 15.2. The number of rotatable bonds is 3. The first-order valence-corrected chi connectivity index (χ1v) is 8.73. The molecule has 5 heteroatoms. The monoisotopic (exact) mass is 350 g/mol. The third-order valence-corrected chi connectivity index (χ3v) is 5.17. The Hall–Kier alpha value is -2.95. The number of aromatic nitrogens is 1. The van der Waals surface area contributed by atoms with Crippen molar-refractivity contribution in [3.8, 4) is 11.5 Å². The number of aromatic amines is 1. The minimum atomic E-state index is -0.228. The van der Waals surface area contributed by atoms with Crippen LogP contribution in [0.2, 0.25) is 0 Å². The molecule has 0 radical (unpaired) electrons. The predicted molar refractivity (Wildman–Crippen MR) is 101 cm³/mol. The van der Waals surface area contributed by atoms with Gasteiger partial charge in [0.15, 0.2) is 11.5 Å². The third kappa shape index (κ3) is 2.43. The zero-order chi connectivity index (χ0) is 18.3. The van der Waals surface area contributed by atoms with Gasteiger partial charge in [-0.15, -0.1) is 0 Å². The number of H-pyrrole nitrogens is 1. The van der Waals surface area contributed by atoms with E-state index < -0.39 is 0 Å². The molecule has 1 aliphatic heterocycles. The summed E-state index contributed by atoms with van der Waals surface area (Å²) < 4.78 is 11.1. The van der Waals surface area contributed by atoms with Crippen molar-refractivity contribution in [3.63, 3.8) is 0 Å². The van der Waals surface area contributed by atoms with E-state index in [4.69, 9.17) is 9.47 Å². The van der Waals surface area contributed by atoms with Crippen molar-refractivity contribution in [2.45, 2.75) is 19.4 Å². The molecule has 0 aliphatic carbocycles. The highest BCUT2D eigenvalue weighted by Crippen LogP contribution is 2.44. The molecular formula is C21H22N2O3. The Kier molecular flexibility index (Phi) is 4.07. The second-order valence-electron chi connectivity index (χ2n) is 6.51. The highest BCUT2D eigenvalue weighted by atomic mass is 16.5. The van der Waals surface area contributed by atoms with Gasteiger partial charge in [-0.05, 0) is 24.1 Å². The average molecular weight is 350 g/mol. The standard InChI is InChI=1S/C21H22N2O3/c1-13(24)23-12-11-15-14-7-4-5-9-17(14)22-19(15)20(23)16-8-6-10-18(25-2)21(16)26-3/h4-10,20,22H,11-12H2,1-3H3/t20-/m0/s1. The normalized spacial score (nSPS) is 16.4. The lowest BCUT2D eigenvalue weighted by atomic mass is 9.91. The lowest BCUT2D eigenvalue weighted by molar-refractivity contribution is -0.130. The van der Waals surface area contributed by atoms with Gasteiger partial charge < -0.3 is 19.4 Å². The lowest BCUT2D eigenvalue weighted by Gasteiger charge is -2.36. The molecule has 26 heavy (non-hydrogen) atoms. The molecule has 1 amide bonds. The molecule has 1 aromatic heterocycles. The van der Waals surface area contributed by atoms with Crippen molar-refractivity contribution in [1.29, 1.82) is 0 Å². The Bertz CT molecular complexity index is 977. The summed E-state index contributed by atoms with van der Waals surface area (Å²) in [5.74, 6) is 1.37. The Morgan fingerprint density at radius 1 is 1.12 bits per heavy atom. The lowest BCUT2D eigenvalue weighted by Crippen LogP contribution is -2.39. The van der Waals surface area contributed by atoms with Crippen LogP contribution in [0.3, 0.4) is 0 Å². The van der Waals surface area contributed by atoms with Crippen molar-refractivity contribution < 1.29 is 14.3 Å². The smallest absolute Gasteiger partial charge is 0.220 e. The van der Waals surface area contributed by atoms with Crippen molar-refractivity contribution in [2.75, 3.05) is 20.8 Å². The largest absolute Gasteiger partial charge is 0.493 e. The number of hydrogen-bond donors (Lipinski definition) is 1. The molecule has 1 atom stereocenters. The molecule has 0 unspecified atom stereocenters. The number of nitrogens with one attached hydrogen (secondary N) is 1. The van der Waals surface area contributed by atoms with Crippen molar-refractivity contribution >= 4 is 16.8 Å². The van der Waals surface area contributed by atoms with Gasteiger partial charge in [-0.2, -0.15) is 0 Å². The molecule has 0 saturated carbocycles. The minimum absolute atomic E-state index is 0.0455. The second kappa shape index (κ2) is 6.41. The first-order chi connectivity index (χ1) is 12.7. The van der Waals surface area contributed by atoms with Crippen LogP contribution in [0.15, 0.2) is 42.5 Å². The van der Waals surface area contributed by atoms with E-state index in [0.29, 0.717) is 18.0 Å². The molecular weight excluding hydrogens is 328 g/mol. The number of methoxy groups -OCH3 is 2. The average Bonchev–Trinajstić information content (AvgIpc) is 3.05. The minimum Gasteiger partial charge on any atom is -0.493 e. The molecule has 0 fully saturated rings. The summed E-state index contributed by atoms with van der Waals surface area (Å²) in [5.41, 5.74) is 4.34. The van der Waals surface area contributed by atoms with Crippen LogP contribution < -0.4 is 9.47 Å².